The number of hydrogen-bond acceptors (Lipinski definition) is 5. The molecule has 1 amide bonds. The van der Waals surface area contributed by atoms with Crippen molar-refractivity contribution in [2.75, 3.05) is 19.6 Å². The molecule has 130 valence electrons. The molecule has 2 aliphatic rings. The van der Waals surface area contributed by atoms with Crippen LogP contribution in [0, 0.1) is 0 Å². The summed E-state index contributed by atoms with van der Waals surface area (Å²) in [6, 6.07) is -0.0767. The van der Waals surface area contributed by atoms with E-state index >= 15 is 0 Å². The molecule has 0 bridgehead atoms. The summed E-state index contributed by atoms with van der Waals surface area (Å²) in [6.07, 6.45) is 7.66. The molecule has 0 aromatic carbocycles. The van der Waals surface area contributed by atoms with Gasteiger partial charge in [0.05, 0.1) is 0 Å². The lowest BCUT2D eigenvalue weighted by molar-refractivity contribution is 0.0609. The molecule has 0 radical (unpaired) electrons. The Bertz CT molecular complexity index is 726. The van der Waals surface area contributed by atoms with Gasteiger partial charge in [-0.25, -0.2) is 4.98 Å². The SMILES string of the molecule is Cl.Cn1ccnc1C1CNCCN1C(=O)c1noc2c1CCCC2. The summed E-state index contributed by atoms with van der Waals surface area (Å²) in [5, 5.41) is 7.45. The summed E-state index contributed by atoms with van der Waals surface area (Å²) in [6.45, 7) is 2.14. The molecule has 1 fully saturated rings. The quantitative estimate of drug-likeness (QED) is 0.887. The molecule has 1 N–H and O–H groups in total. The highest BCUT2D eigenvalue weighted by atomic mass is 35.5. The molecule has 0 saturated carbocycles. The number of nitrogens with zero attached hydrogens (tertiary/aromatic N) is 4. The van der Waals surface area contributed by atoms with Crippen molar-refractivity contribution in [2.24, 2.45) is 7.05 Å². The highest BCUT2D eigenvalue weighted by Crippen LogP contribution is 2.28. The van der Waals surface area contributed by atoms with E-state index in [9.17, 15) is 4.79 Å². The third kappa shape index (κ3) is 2.82. The van der Waals surface area contributed by atoms with Gasteiger partial charge in [-0.2, -0.15) is 0 Å². The van der Waals surface area contributed by atoms with Crippen LogP contribution in [0.3, 0.4) is 0 Å². The van der Waals surface area contributed by atoms with Crippen LogP contribution in [0.1, 0.15) is 46.5 Å². The second kappa shape index (κ2) is 6.94. The van der Waals surface area contributed by atoms with Gasteiger partial charge in [0.15, 0.2) is 5.69 Å². The average molecular weight is 352 g/mol. The van der Waals surface area contributed by atoms with Gasteiger partial charge < -0.3 is 19.3 Å². The Balaban J connectivity index is 0.00000169. The first kappa shape index (κ1) is 17.0. The number of imidazole rings is 1. The molecule has 0 spiro atoms. The predicted octanol–water partition coefficient (Wildman–Crippen LogP) is 1.50. The first-order valence-electron chi connectivity index (χ1n) is 8.22. The van der Waals surface area contributed by atoms with E-state index in [2.05, 4.69) is 15.5 Å². The van der Waals surface area contributed by atoms with Crippen LogP contribution in [0.5, 0.6) is 0 Å². The Kier molecular flexibility index (Phi) is 4.91. The Hall–Kier alpha value is -1.86. The van der Waals surface area contributed by atoms with Gasteiger partial charge in [0.1, 0.15) is 17.6 Å². The van der Waals surface area contributed by atoms with E-state index in [1.54, 1.807) is 6.20 Å². The largest absolute Gasteiger partial charge is 0.360 e. The van der Waals surface area contributed by atoms with Gasteiger partial charge >= 0.3 is 0 Å². The molecule has 3 heterocycles. The number of hydrogen-bond donors (Lipinski definition) is 1. The summed E-state index contributed by atoms with van der Waals surface area (Å²) in [7, 11) is 1.96. The summed E-state index contributed by atoms with van der Waals surface area (Å²) in [5.74, 6) is 1.75. The van der Waals surface area contributed by atoms with Gasteiger partial charge in [-0.15, -0.1) is 12.4 Å². The summed E-state index contributed by atoms with van der Waals surface area (Å²) < 4.78 is 7.38. The fourth-order valence-corrected chi connectivity index (χ4v) is 3.57. The van der Waals surface area contributed by atoms with E-state index in [-0.39, 0.29) is 24.4 Å². The molecular weight excluding hydrogens is 330 g/mol. The third-order valence-electron chi connectivity index (χ3n) is 4.81. The molecule has 1 aliphatic heterocycles. The van der Waals surface area contributed by atoms with Gasteiger partial charge in [-0.1, -0.05) is 5.16 Å². The van der Waals surface area contributed by atoms with E-state index in [0.717, 1.165) is 49.4 Å². The number of amides is 1. The van der Waals surface area contributed by atoms with Crippen molar-refractivity contribution < 1.29 is 9.32 Å². The van der Waals surface area contributed by atoms with E-state index in [4.69, 9.17) is 4.52 Å². The van der Waals surface area contributed by atoms with Crippen LogP contribution in [-0.2, 0) is 19.9 Å². The molecule has 2 aromatic heterocycles. The standard InChI is InChI=1S/C16H21N5O2.ClH/c1-20-8-7-18-15(20)12-10-17-6-9-21(12)16(22)14-11-4-2-3-5-13(11)23-19-14;/h7-8,12,17H,2-6,9-10H2,1H3;1H. The molecule has 2 aromatic rings. The minimum absolute atomic E-state index is 0. The van der Waals surface area contributed by atoms with E-state index in [0.29, 0.717) is 18.8 Å². The lowest BCUT2D eigenvalue weighted by Gasteiger charge is -2.35. The number of aromatic nitrogens is 3. The smallest absolute Gasteiger partial charge is 0.277 e. The van der Waals surface area contributed by atoms with Crippen LogP contribution in [0.4, 0.5) is 0 Å². The van der Waals surface area contributed by atoms with Crippen LogP contribution in [0.15, 0.2) is 16.9 Å². The van der Waals surface area contributed by atoms with Crippen LogP contribution in [0.25, 0.3) is 0 Å². The van der Waals surface area contributed by atoms with Gasteiger partial charge in [-0.3, -0.25) is 4.79 Å². The van der Waals surface area contributed by atoms with Crippen molar-refractivity contribution in [1.29, 1.82) is 0 Å². The number of fused-ring (bicyclic) bond motifs is 1. The van der Waals surface area contributed by atoms with E-state index in [1.807, 2.05) is 22.7 Å². The maximum absolute atomic E-state index is 13.1. The number of halogens is 1. The summed E-state index contributed by atoms with van der Waals surface area (Å²) in [4.78, 5) is 19.4. The minimum atomic E-state index is -0.0767. The molecule has 4 rings (SSSR count). The molecule has 1 saturated heterocycles. The first-order valence-corrected chi connectivity index (χ1v) is 8.22. The number of rotatable bonds is 2. The zero-order valence-electron chi connectivity index (χ0n) is 13.7. The number of piperazine rings is 1. The van der Waals surface area contributed by atoms with Crippen molar-refractivity contribution >= 4 is 18.3 Å². The first-order chi connectivity index (χ1) is 11.3. The molecule has 7 nitrogen and oxygen atoms in total. The number of aryl methyl sites for hydroxylation is 2. The normalized spacial score (nSPS) is 20.4. The van der Waals surface area contributed by atoms with Crippen LogP contribution < -0.4 is 5.32 Å². The van der Waals surface area contributed by atoms with Crippen molar-refractivity contribution in [3.8, 4) is 0 Å². The number of carbonyl (C=O) groups is 1. The van der Waals surface area contributed by atoms with Crippen molar-refractivity contribution in [3.63, 3.8) is 0 Å². The Morgan fingerprint density at radius 3 is 3.00 bits per heavy atom. The molecule has 1 atom stereocenters. The number of carbonyl (C=O) groups excluding carboxylic acids is 1. The highest BCUT2D eigenvalue weighted by Gasteiger charge is 2.34. The summed E-state index contributed by atoms with van der Waals surface area (Å²) in [5.41, 5.74) is 1.51. The van der Waals surface area contributed by atoms with Gasteiger partial charge in [0, 0.05) is 51.1 Å². The second-order valence-corrected chi connectivity index (χ2v) is 6.25. The van der Waals surface area contributed by atoms with E-state index in [1.165, 1.54) is 0 Å². The topological polar surface area (TPSA) is 76.2 Å². The lowest BCUT2D eigenvalue weighted by atomic mass is 9.96. The Labute approximate surface area is 146 Å². The molecule has 1 aliphatic carbocycles. The monoisotopic (exact) mass is 351 g/mol. The minimum Gasteiger partial charge on any atom is -0.360 e. The molecule has 24 heavy (non-hydrogen) atoms. The molecular formula is C16H22ClN5O2. The van der Waals surface area contributed by atoms with Crippen molar-refractivity contribution in [3.05, 3.63) is 35.2 Å². The van der Waals surface area contributed by atoms with Gasteiger partial charge in [0.2, 0.25) is 0 Å². The average Bonchev–Trinajstić information content (AvgIpc) is 3.20. The van der Waals surface area contributed by atoms with Gasteiger partial charge in [-0.05, 0) is 19.3 Å². The van der Waals surface area contributed by atoms with Crippen molar-refractivity contribution in [2.45, 2.75) is 31.7 Å². The maximum atomic E-state index is 13.1. The second-order valence-electron chi connectivity index (χ2n) is 6.25. The van der Waals surface area contributed by atoms with Crippen LogP contribution in [-0.4, -0.2) is 45.1 Å². The highest BCUT2D eigenvalue weighted by molar-refractivity contribution is 5.94. The predicted molar refractivity (Wildman–Crippen MR) is 90.2 cm³/mol. The zero-order valence-corrected chi connectivity index (χ0v) is 14.5. The maximum Gasteiger partial charge on any atom is 0.277 e. The van der Waals surface area contributed by atoms with Crippen molar-refractivity contribution in [1.82, 2.24) is 24.9 Å². The lowest BCUT2D eigenvalue weighted by Crippen LogP contribution is -2.49. The zero-order chi connectivity index (χ0) is 15.8. The van der Waals surface area contributed by atoms with E-state index < -0.39 is 0 Å². The number of nitrogens with one attached hydrogen (secondary N) is 1. The van der Waals surface area contributed by atoms with Crippen LogP contribution in [0.2, 0.25) is 0 Å². The van der Waals surface area contributed by atoms with Gasteiger partial charge in [0.25, 0.3) is 5.91 Å². The third-order valence-corrected chi connectivity index (χ3v) is 4.81. The fourth-order valence-electron chi connectivity index (χ4n) is 3.57. The molecule has 1 unspecified atom stereocenters. The van der Waals surface area contributed by atoms with Crippen LogP contribution >= 0.6 is 12.4 Å². The fraction of sp³-hybridized carbons (Fsp3) is 0.562. The summed E-state index contributed by atoms with van der Waals surface area (Å²) >= 11 is 0. The molecule has 8 heteroatoms. The Morgan fingerprint density at radius 2 is 2.21 bits per heavy atom. The Morgan fingerprint density at radius 1 is 1.38 bits per heavy atom.